The molecule has 1 unspecified atom stereocenters. The van der Waals surface area contributed by atoms with Crippen molar-refractivity contribution in [2.24, 2.45) is 5.41 Å². The lowest BCUT2D eigenvalue weighted by molar-refractivity contribution is 0.243. The number of aromatic hydroxyl groups is 2. The van der Waals surface area contributed by atoms with Crippen molar-refractivity contribution >= 4 is 0 Å². The van der Waals surface area contributed by atoms with Crippen LogP contribution in [-0.4, -0.2) is 28.5 Å². The third-order valence-electron chi connectivity index (χ3n) is 3.81. The molecular formula is C14H21NO3. The maximum Gasteiger partial charge on any atom is 0.119 e. The van der Waals surface area contributed by atoms with Crippen LogP contribution >= 0.6 is 0 Å². The van der Waals surface area contributed by atoms with Crippen molar-refractivity contribution in [3.63, 3.8) is 0 Å². The maximum atomic E-state index is 9.45. The second-order valence-corrected chi connectivity index (χ2v) is 5.36. The Kier molecular flexibility index (Phi) is 3.78. The number of nitrogens with one attached hydrogen (secondary N) is 1. The first-order valence-corrected chi connectivity index (χ1v) is 6.42. The highest BCUT2D eigenvalue weighted by molar-refractivity contribution is 5.37. The van der Waals surface area contributed by atoms with E-state index in [0.29, 0.717) is 0 Å². The largest absolute Gasteiger partial charge is 0.508 e. The van der Waals surface area contributed by atoms with Crippen LogP contribution in [0.25, 0.3) is 0 Å². The van der Waals surface area contributed by atoms with E-state index in [2.05, 4.69) is 5.32 Å². The van der Waals surface area contributed by atoms with Gasteiger partial charge in [0.2, 0.25) is 0 Å². The molecule has 18 heavy (non-hydrogen) atoms. The molecule has 4 heteroatoms. The molecule has 4 nitrogen and oxygen atoms in total. The van der Waals surface area contributed by atoms with Gasteiger partial charge in [-0.3, -0.25) is 0 Å². The van der Waals surface area contributed by atoms with E-state index >= 15 is 0 Å². The summed E-state index contributed by atoms with van der Waals surface area (Å²) < 4.78 is 0. The molecule has 1 saturated carbocycles. The summed E-state index contributed by atoms with van der Waals surface area (Å²) in [6, 6.07) is 4.70. The van der Waals surface area contributed by atoms with Crippen LogP contribution < -0.4 is 5.32 Å². The molecule has 1 aromatic rings. The highest BCUT2D eigenvalue weighted by Gasteiger charge is 2.41. The highest BCUT2D eigenvalue weighted by atomic mass is 16.3. The smallest absolute Gasteiger partial charge is 0.119 e. The maximum absolute atomic E-state index is 9.45. The molecule has 0 radical (unpaired) electrons. The van der Waals surface area contributed by atoms with Crippen molar-refractivity contribution < 1.29 is 15.3 Å². The van der Waals surface area contributed by atoms with Gasteiger partial charge in [0.1, 0.15) is 11.5 Å². The van der Waals surface area contributed by atoms with Crippen LogP contribution in [-0.2, 0) is 0 Å². The van der Waals surface area contributed by atoms with E-state index in [4.69, 9.17) is 5.11 Å². The first kappa shape index (κ1) is 13.2. The fraction of sp³-hybridized carbons (Fsp3) is 0.571. The number of phenols is 2. The van der Waals surface area contributed by atoms with E-state index in [9.17, 15) is 10.2 Å². The Morgan fingerprint density at radius 3 is 2.33 bits per heavy atom. The average Bonchev–Trinajstić information content (AvgIpc) is 3.06. The molecule has 1 atom stereocenters. The zero-order valence-electron chi connectivity index (χ0n) is 10.7. The van der Waals surface area contributed by atoms with E-state index in [1.165, 1.54) is 18.9 Å². The Morgan fingerprint density at radius 2 is 1.83 bits per heavy atom. The van der Waals surface area contributed by atoms with Crippen molar-refractivity contribution in [1.29, 1.82) is 0 Å². The van der Waals surface area contributed by atoms with Crippen LogP contribution in [0.4, 0.5) is 0 Å². The van der Waals surface area contributed by atoms with Gasteiger partial charge < -0.3 is 20.6 Å². The Balaban J connectivity index is 1.93. The van der Waals surface area contributed by atoms with Gasteiger partial charge in [-0.2, -0.15) is 0 Å². The summed E-state index contributed by atoms with van der Waals surface area (Å²) in [5.74, 6) is 0.158. The van der Waals surface area contributed by atoms with E-state index < -0.39 is 0 Å². The summed E-state index contributed by atoms with van der Waals surface area (Å²) in [5, 5.41) is 31.3. The molecule has 2 rings (SSSR count). The van der Waals surface area contributed by atoms with Crippen LogP contribution in [0.3, 0.4) is 0 Å². The number of phenolic OH excluding ortho intramolecular Hbond substituents is 2. The van der Waals surface area contributed by atoms with Gasteiger partial charge in [-0.1, -0.05) is 0 Å². The molecule has 100 valence electrons. The molecule has 4 N–H and O–H groups in total. The molecule has 1 aliphatic carbocycles. The molecular weight excluding hydrogens is 230 g/mol. The number of rotatable bonds is 6. The molecule has 0 spiro atoms. The standard InChI is InChI=1S/C14H21NO3/c1-10(11-6-12(17)8-13(18)7-11)15-9-14(2-3-14)4-5-16/h6-8,10,15-18H,2-5,9H2,1H3. The average molecular weight is 251 g/mol. The van der Waals surface area contributed by atoms with Crippen LogP contribution in [0.2, 0.25) is 0 Å². The normalized spacial score (nSPS) is 18.6. The van der Waals surface area contributed by atoms with Gasteiger partial charge >= 0.3 is 0 Å². The van der Waals surface area contributed by atoms with Crippen molar-refractivity contribution in [2.45, 2.75) is 32.2 Å². The van der Waals surface area contributed by atoms with Gasteiger partial charge in [0.15, 0.2) is 0 Å². The van der Waals surface area contributed by atoms with Gasteiger partial charge in [-0.15, -0.1) is 0 Å². The van der Waals surface area contributed by atoms with Crippen molar-refractivity contribution in [1.82, 2.24) is 5.32 Å². The third kappa shape index (κ3) is 3.15. The van der Waals surface area contributed by atoms with Crippen LogP contribution in [0.1, 0.15) is 37.8 Å². The van der Waals surface area contributed by atoms with E-state index in [-0.39, 0.29) is 29.6 Å². The van der Waals surface area contributed by atoms with E-state index in [0.717, 1.165) is 18.5 Å². The number of benzene rings is 1. The van der Waals surface area contributed by atoms with Crippen LogP contribution in [0.5, 0.6) is 11.5 Å². The van der Waals surface area contributed by atoms with Crippen LogP contribution in [0.15, 0.2) is 18.2 Å². The summed E-state index contributed by atoms with van der Waals surface area (Å²) in [7, 11) is 0. The predicted molar refractivity (Wildman–Crippen MR) is 69.6 cm³/mol. The summed E-state index contributed by atoms with van der Waals surface area (Å²) in [4.78, 5) is 0. The lowest BCUT2D eigenvalue weighted by Gasteiger charge is -2.20. The van der Waals surface area contributed by atoms with Crippen LogP contribution in [0, 0.1) is 5.41 Å². The van der Waals surface area contributed by atoms with E-state index in [1.54, 1.807) is 12.1 Å². The molecule has 1 aliphatic rings. The monoisotopic (exact) mass is 251 g/mol. The second-order valence-electron chi connectivity index (χ2n) is 5.36. The minimum atomic E-state index is 0.0687. The first-order chi connectivity index (χ1) is 8.54. The predicted octanol–water partition coefficient (Wildman–Crippen LogP) is 1.91. The molecule has 0 aliphatic heterocycles. The molecule has 1 aromatic carbocycles. The Bertz CT molecular complexity index is 395. The number of hydrogen-bond donors (Lipinski definition) is 4. The Morgan fingerprint density at radius 1 is 1.22 bits per heavy atom. The number of aliphatic hydroxyl groups is 1. The van der Waals surface area contributed by atoms with Gasteiger partial charge in [0, 0.05) is 25.3 Å². The number of aliphatic hydroxyl groups excluding tert-OH is 1. The zero-order chi connectivity index (χ0) is 13.2. The molecule has 0 amide bonds. The number of hydrogen-bond acceptors (Lipinski definition) is 4. The van der Waals surface area contributed by atoms with Gasteiger partial charge in [-0.25, -0.2) is 0 Å². The zero-order valence-corrected chi connectivity index (χ0v) is 10.7. The first-order valence-electron chi connectivity index (χ1n) is 6.42. The molecule has 0 heterocycles. The lowest BCUT2D eigenvalue weighted by atomic mass is 10.0. The third-order valence-corrected chi connectivity index (χ3v) is 3.81. The molecule has 0 saturated heterocycles. The summed E-state index contributed by atoms with van der Waals surface area (Å²) in [5.41, 5.74) is 1.13. The van der Waals surface area contributed by atoms with Gasteiger partial charge in [0.25, 0.3) is 0 Å². The quantitative estimate of drug-likeness (QED) is 0.623. The minimum absolute atomic E-state index is 0.0687. The Hall–Kier alpha value is -1.26. The summed E-state index contributed by atoms with van der Waals surface area (Å²) >= 11 is 0. The highest BCUT2D eigenvalue weighted by Crippen LogP contribution is 2.48. The SMILES string of the molecule is CC(NCC1(CCO)CC1)c1cc(O)cc(O)c1. The minimum Gasteiger partial charge on any atom is -0.508 e. The van der Waals surface area contributed by atoms with Crippen molar-refractivity contribution in [2.75, 3.05) is 13.2 Å². The van der Waals surface area contributed by atoms with Gasteiger partial charge in [-0.05, 0) is 49.3 Å². The summed E-state index contributed by atoms with van der Waals surface area (Å²) in [6.45, 7) is 3.11. The Labute approximate surface area is 107 Å². The van der Waals surface area contributed by atoms with Crippen molar-refractivity contribution in [3.8, 4) is 11.5 Å². The molecule has 0 bridgehead atoms. The molecule has 1 fully saturated rings. The summed E-state index contributed by atoms with van der Waals surface area (Å²) in [6.07, 6.45) is 3.18. The topological polar surface area (TPSA) is 72.7 Å². The van der Waals surface area contributed by atoms with Gasteiger partial charge in [0.05, 0.1) is 0 Å². The van der Waals surface area contributed by atoms with E-state index in [1.807, 2.05) is 6.92 Å². The van der Waals surface area contributed by atoms with Crippen molar-refractivity contribution in [3.05, 3.63) is 23.8 Å². The lowest BCUT2D eigenvalue weighted by Crippen LogP contribution is -2.27. The molecule has 0 aromatic heterocycles. The fourth-order valence-corrected chi connectivity index (χ4v) is 2.28. The fourth-order valence-electron chi connectivity index (χ4n) is 2.28. The second kappa shape index (κ2) is 5.16.